The van der Waals surface area contributed by atoms with Crippen LogP contribution in [0.4, 0.5) is 0 Å². The monoisotopic (exact) mass is 180 g/mol. The molecule has 0 saturated carbocycles. The lowest BCUT2D eigenvalue weighted by molar-refractivity contribution is 0.547. The van der Waals surface area contributed by atoms with Gasteiger partial charge < -0.3 is 0 Å². The molecule has 0 atom stereocenters. The second-order valence-corrected chi connectivity index (χ2v) is 3.53. The zero-order chi connectivity index (χ0) is 9.52. The van der Waals surface area contributed by atoms with Crippen molar-refractivity contribution in [3.05, 3.63) is 18.0 Å². The largest absolute Gasteiger partial charge is 0.272 e. The van der Waals surface area contributed by atoms with Crippen molar-refractivity contribution in [2.75, 3.05) is 0 Å². The molecular formula is C11H20N2. The van der Waals surface area contributed by atoms with Gasteiger partial charge in [-0.3, -0.25) is 4.68 Å². The minimum atomic E-state index is 1.08. The molecule has 1 aromatic heterocycles. The molecule has 1 heterocycles. The van der Waals surface area contributed by atoms with Gasteiger partial charge in [0.25, 0.3) is 0 Å². The zero-order valence-corrected chi connectivity index (χ0v) is 8.79. The molecule has 1 rings (SSSR count). The van der Waals surface area contributed by atoms with E-state index in [1.54, 1.807) is 0 Å². The molecule has 0 aliphatic heterocycles. The van der Waals surface area contributed by atoms with Crippen LogP contribution in [-0.4, -0.2) is 9.78 Å². The summed E-state index contributed by atoms with van der Waals surface area (Å²) in [6.45, 7) is 5.50. The van der Waals surface area contributed by atoms with Gasteiger partial charge in [-0.2, -0.15) is 5.10 Å². The van der Waals surface area contributed by atoms with Crippen molar-refractivity contribution >= 4 is 0 Å². The van der Waals surface area contributed by atoms with Gasteiger partial charge in [0.1, 0.15) is 0 Å². The van der Waals surface area contributed by atoms with Crippen LogP contribution < -0.4 is 0 Å². The first-order chi connectivity index (χ1) is 6.36. The number of nitrogens with zero attached hydrogens (tertiary/aromatic N) is 2. The lowest BCUT2D eigenvalue weighted by atomic mass is 10.2. The predicted octanol–water partition coefficient (Wildman–Crippen LogP) is 3.03. The summed E-state index contributed by atoms with van der Waals surface area (Å²) in [7, 11) is 0. The Morgan fingerprint density at radius 3 is 2.77 bits per heavy atom. The molecule has 0 amide bonds. The molecule has 0 spiro atoms. The highest BCUT2D eigenvalue weighted by atomic mass is 15.3. The molecule has 0 aromatic carbocycles. The van der Waals surface area contributed by atoms with E-state index in [2.05, 4.69) is 35.9 Å². The fourth-order valence-electron chi connectivity index (χ4n) is 1.44. The number of hydrogen-bond acceptors (Lipinski definition) is 1. The fourth-order valence-corrected chi connectivity index (χ4v) is 1.44. The maximum atomic E-state index is 4.49. The summed E-state index contributed by atoms with van der Waals surface area (Å²) in [5.41, 5.74) is 1.24. The Labute approximate surface area is 81.0 Å². The first-order valence-corrected chi connectivity index (χ1v) is 5.39. The van der Waals surface area contributed by atoms with E-state index in [0.29, 0.717) is 0 Å². The molecule has 0 unspecified atom stereocenters. The highest BCUT2D eigenvalue weighted by molar-refractivity contribution is 4.98. The van der Waals surface area contributed by atoms with Gasteiger partial charge in [0.05, 0.1) is 5.69 Å². The van der Waals surface area contributed by atoms with E-state index in [4.69, 9.17) is 0 Å². The van der Waals surface area contributed by atoms with Crippen molar-refractivity contribution in [3.8, 4) is 0 Å². The van der Waals surface area contributed by atoms with E-state index in [-0.39, 0.29) is 0 Å². The van der Waals surface area contributed by atoms with E-state index in [1.165, 1.54) is 31.4 Å². The molecule has 0 fully saturated rings. The standard InChI is InChI=1S/C11H20N2/c1-3-5-6-9-13-10-8-11(12-13)7-4-2/h8,10H,3-7,9H2,1-2H3. The van der Waals surface area contributed by atoms with Crippen molar-refractivity contribution in [1.29, 1.82) is 0 Å². The highest BCUT2D eigenvalue weighted by Gasteiger charge is 1.96. The summed E-state index contributed by atoms with van der Waals surface area (Å²) in [6.07, 6.45) is 8.24. The minimum Gasteiger partial charge on any atom is -0.272 e. The van der Waals surface area contributed by atoms with Crippen LogP contribution in [0.2, 0.25) is 0 Å². The second kappa shape index (κ2) is 5.79. The topological polar surface area (TPSA) is 17.8 Å². The van der Waals surface area contributed by atoms with E-state index in [9.17, 15) is 0 Å². The van der Waals surface area contributed by atoms with Crippen LogP contribution in [0.15, 0.2) is 12.3 Å². The van der Waals surface area contributed by atoms with Crippen LogP contribution in [0.25, 0.3) is 0 Å². The smallest absolute Gasteiger partial charge is 0.0624 e. The van der Waals surface area contributed by atoms with Crippen LogP contribution in [0.5, 0.6) is 0 Å². The quantitative estimate of drug-likeness (QED) is 0.615. The predicted molar refractivity (Wildman–Crippen MR) is 55.7 cm³/mol. The molecule has 2 nitrogen and oxygen atoms in total. The molecule has 13 heavy (non-hydrogen) atoms. The number of unbranched alkanes of at least 4 members (excludes halogenated alkanes) is 2. The first-order valence-electron chi connectivity index (χ1n) is 5.39. The van der Waals surface area contributed by atoms with Gasteiger partial charge in [0, 0.05) is 12.7 Å². The lowest BCUT2D eigenvalue weighted by Gasteiger charge is -1.99. The Bertz CT molecular complexity index is 228. The van der Waals surface area contributed by atoms with E-state index < -0.39 is 0 Å². The van der Waals surface area contributed by atoms with Gasteiger partial charge in [-0.1, -0.05) is 33.1 Å². The van der Waals surface area contributed by atoms with Gasteiger partial charge in [0.2, 0.25) is 0 Å². The summed E-state index contributed by atoms with van der Waals surface area (Å²) in [6, 6.07) is 2.13. The Balaban J connectivity index is 2.31. The third-order valence-electron chi connectivity index (χ3n) is 2.19. The molecule has 74 valence electrons. The molecule has 0 radical (unpaired) electrons. The Hall–Kier alpha value is -0.790. The summed E-state index contributed by atoms with van der Waals surface area (Å²) in [4.78, 5) is 0. The number of aromatic nitrogens is 2. The van der Waals surface area contributed by atoms with Crippen molar-refractivity contribution < 1.29 is 0 Å². The van der Waals surface area contributed by atoms with Crippen LogP contribution >= 0.6 is 0 Å². The molecule has 0 aliphatic carbocycles. The second-order valence-electron chi connectivity index (χ2n) is 3.53. The summed E-state index contributed by atoms with van der Waals surface area (Å²) in [5.74, 6) is 0. The Morgan fingerprint density at radius 2 is 2.08 bits per heavy atom. The van der Waals surface area contributed by atoms with Crippen LogP contribution in [0, 0.1) is 0 Å². The van der Waals surface area contributed by atoms with Gasteiger partial charge in [-0.05, 0) is 18.9 Å². The SMILES string of the molecule is CCCCCn1ccc(CCC)n1. The van der Waals surface area contributed by atoms with Gasteiger partial charge in [0.15, 0.2) is 0 Å². The fraction of sp³-hybridized carbons (Fsp3) is 0.727. The average Bonchev–Trinajstić information content (AvgIpc) is 2.54. The number of hydrogen-bond donors (Lipinski definition) is 0. The maximum absolute atomic E-state index is 4.49. The highest BCUT2D eigenvalue weighted by Crippen LogP contribution is 2.02. The molecule has 2 heteroatoms. The molecule has 0 saturated heterocycles. The third-order valence-corrected chi connectivity index (χ3v) is 2.19. The number of rotatable bonds is 6. The average molecular weight is 180 g/mol. The molecular weight excluding hydrogens is 160 g/mol. The Morgan fingerprint density at radius 1 is 1.23 bits per heavy atom. The van der Waals surface area contributed by atoms with Crippen molar-refractivity contribution in [3.63, 3.8) is 0 Å². The molecule has 0 bridgehead atoms. The Kier molecular flexibility index (Phi) is 4.58. The molecule has 0 N–H and O–H groups in total. The van der Waals surface area contributed by atoms with Crippen LogP contribution in [0.3, 0.4) is 0 Å². The van der Waals surface area contributed by atoms with E-state index in [1.807, 2.05) is 0 Å². The van der Waals surface area contributed by atoms with Gasteiger partial charge in [-0.25, -0.2) is 0 Å². The summed E-state index contributed by atoms with van der Waals surface area (Å²) in [5, 5.41) is 4.49. The number of aryl methyl sites for hydroxylation is 2. The van der Waals surface area contributed by atoms with Gasteiger partial charge >= 0.3 is 0 Å². The van der Waals surface area contributed by atoms with Gasteiger partial charge in [-0.15, -0.1) is 0 Å². The zero-order valence-electron chi connectivity index (χ0n) is 8.79. The van der Waals surface area contributed by atoms with E-state index in [0.717, 1.165) is 13.0 Å². The minimum absolute atomic E-state index is 1.08. The van der Waals surface area contributed by atoms with Crippen molar-refractivity contribution in [2.24, 2.45) is 0 Å². The van der Waals surface area contributed by atoms with Crippen LogP contribution in [0.1, 0.15) is 45.2 Å². The molecule has 0 aliphatic rings. The summed E-state index contributed by atoms with van der Waals surface area (Å²) < 4.78 is 2.07. The normalized spacial score (nSPS) is 10.6. The lowest BCUT2D eigenvalue weighted by Crippen LogP contribution is -1.99. The maximum Gasteiger partial charge on any atom is 0.0624 e. The molecule has 1 aromatic rings. The van der Waals surface area contributed by atoms with Crippen molar-refractivity contribution in [1.82, 2.24) is 9.78 Å². The summed E-state index contributed by atoms with van der Waals surface area (Å²) >= 11 is 0. The third kappa shape index (κ3) is 3.62. The first kappa shape index (κ1) is 10.3. The van der Waals surface area contributed by atoms with E-state index >= 15 is 0 Å². The van der Waals surface area contributed by atoms with Crippen molar-refractivity contribution in [2.45, 2.75) is 52.5 Å². The van der Waals surface area contributed by atoms with Crippen LogP contribution in [-0.2, 0) is 13.0 Å².